The molecule has 1 aromatic rings. The minimum atomic E-state index is 0.702. The molecule has 5 heteroatoms. The second-order valence-corrected chi connectivity index (χ2v) is 4.39. The van der Waals surface area contributed by atoms with E-state index in [4.69, 9.17) is 12.2 Å². The summed E-state index contributed by atoms with van der Waals surface area (Å²) in [6.07, 6.45) is 1.82. The van der Waals surface area contributed by atoms with Crippen LogP contribution in [-0.4, -0.2) is 29.4 Å². The Bertz CT molecular complexity index is 290. The molecule has 82 valence electrons. The number of thioether (sulfide) groups is 1. The molecule has 0 radical (unpaired) electrons. The van der Waals surface area contributed by atoms with Gasteiger partial charge in [0, 0.05) is 31.3 Å². The number of hydrogen-bond donors (Lipinski definition) is 2. The molecule has 0 saturated heterocycles. The highest BCUT2D eigenvalue weighted by Gasteiger charge is 1.94. The summed E-state index contributed by atoms with van der Waals surface area (Å²) in [5.41, 5.74) is 1.12. The van der Waals surface area contributed by atoms with Crippen molar-refractivity contribution in [3.8, 4) is 0 Å². The van der Waals surface area contributed by atoms with Crippen molar-refractivity contribution in [1.29, 1.82) is 0 Å². The molecule has 0 amide bonds. The number of aromatic nitrogens is 1. The fourth-order valence-electron chi connectivity index (χ4n) is 0.985. The lowest BCUT2D eigenvalue weighted by atomic mass is 10.4. The van der Waals surface area contributed by atoms with Gasteiger partial charge in [0.05, 0.1) is 5.69 Å². The van der Waals surface area contributed by atoms with Crippen molar-refractivity contribution in [3.63, 3.8) is 0 Å². The third kappa shape index (κ3) is 5.59. The summed E-state index contributed by atoms with van der Waals surface area (Å²) >= 11 is 6.80. The molecule has 0 aromatic carbocycles. The topological polar surface area (TPSA) is 37.0 Å². The molecule has 0 aliphatic carbocycles. The summed E-state index contributed by atoms with van der Waals surface area (Å²) < 4.78 is 0. The van der Waals surface area contributed by atoms with Crippen molar-refractivity contribution in [3.05, 3.63) is 30.1 Å². The van der Waals surface area contributed by atoms with Crippen molar-refractivity contribution >= 4 is 29.1 Å². The van der Waals surface area contributed by atoms with E-state index in [1.165, 1.54) is 0 Å². The first-order valence-electron chi connectivity index (χ1n) is 4.76. The first-order valence-corrected chi connectivity index (χ1v) is 6.32. The first kappa shape index (κ1) is 12.3. The third-order valence-corrected chi connectivity index (χ3v) is 3.08. The summed E-state index contributed by atoms with van der Waals surface area (Å²) in [6.45, 7) is 0.886. The Morgan fingerprint density at radius 3 is 3.07 bits per heavy atom. The lowest BCUT2D eigenvalue weighted by Gasteiger charge is -2.06. The van der Waals surface area contributed by atoms with Crippen molar-refractivity contribution in [2.24, 2.45) is 0 Å². The van der Waals surface area contributed by atoms with Crippen molar-refractivity contribution in [1.82, 2.24) is 15.6 Å². The normalized spacial score (nSPS) is 9.67. The molecule has 0 aliphatic heterocycles. The van der Waals surface area contributed by atoms with Gasteiger partial charge < -0.3 is 10.6 Å². The van der Waals surface area contributed by atoms with Crippen molar-refractivity contribution in [2.75, 3.05) is 19.3 Å². The Labute approximate surface area is 100 Å². The van der Waals surface area contributed by atoms with E-state index in [2.05, 4.69) is 15.6 Å². The predicted molar refractivity (Wildman–Crippen MR) is 70.1 cm³/mol. The van der Waals surface area contributed by atoms with Gasteiger partial charge in [-0.25, -0.2) is 0 Å². The fraction of sp³-hybridized carbons (Fsp3) is 0.400. The standard InChI is InChI=1S/C10H15N3S2/c1-11-10(14)13-6-7-15-8-9-4-2-3-5-12-9/h2-5H,6-8H2,1H3,(H2,11,13,14). The van der Waals surface area contributed by atoms with Crippen LogP contribution in [0.2, 0.25) is 0 Å². The van der Waals surface area contributed by atoms with Crippen LogP contribution in [0.5, 0.6) is 0 Å². The van der Waals surface area contributed by atoms with Crippen LogP contribution < -0.4 is 10.6 Å². The lowest BCUT2D eigenvalue weighted by molar-refractivity contribution is 0.942. The largest absolute Gasteiger partial charge is 0.366 e. The zero-order valence-corrected chi connectivity index (χ0v) is 10.3. The fourth-order valence-corrected chi connectivity index (χ4v) is 1.86. The van der Waals surface area contributed by atoms with Gasteiger partial charge in [0.25, 0.3) is 0 Å². The molecule has 0 atom stereocenters. The summed E-state index contributed by atoms with van der Waals surface area (Å²) in [6, 6.07) is 5.98. The second-order valence-electron chi connectivity index (χ2n) is 2.88. The highest BCUT2D eigenvalue weighted by Crippen LogP contribution is 2.07. The molecule has 3 nitrogen and oxygen atoms in total. The Morgan fingerprint density at radius 1 is 1.53 bits per heavy atom. The minimum absolute atomic E-state index is 0.702. The van der Waals surface area contributed by atoms with Gasteiger partial charge in [0.2, 0.25) is 0 Å². The third-order valence-electron chi connectivity index (χ3n) is 1.74. The first-order chi connectivity index (χ1) is 7.33. The average Bonchev–Trinajstić information content (AvgIpc) is 2.29. The average molecular weight is 241 g/mol. The second kappa shape index (κ2) is 7.48. The van der Waals surface area contributed by atoms with Crippen LogP contribution in [0.3, 0.4) is 0 Å². The monoisotopic (exact) mass is 241 g/mol. The summed E-state index contributed by atoms with van der Waals surface area (Å²) in [7, 11) is 1.82. The van der Waals surface area contributed by atoms with Crippen LogP contribution in [0.15, 0.2) is 24.4 Å². The number of nitrogens with one attached hydrogen (secondary N) is 2. The number of nitrogens with zero attached hydrogens (tertiary/aromatic N) is 1. The van der Waals surface area contributed by atoms with Gasteiger partial charge in [-0.3, -0.25) is 4.98 Å². The van der Waals surface area contributed by atoms with E-state index < -0.39 is 0 Å². The Balaban J connectivity index is 2.05. The maximum Gasteiger partial charge on any atom is 0.166 e. The molecule has 0 aliphatic rings. The number of hydrogen-bond acceptors (Lipinski definition) is 3. The molecule has 1 heterocycles. The Hall–Kier alpha value is -0.810. The highest BCUT2D eigenvalue weighted by atomic mass is 32.2. The molecule has 0 spiro atoms. The van der Waals surface area contributed by atoms with E-state index in [0.29, 0.717) is 5.11 Å². The molecular formula is C10H15N3S2. The molecule has 15 heavy (non-hydrogen) atoms. The Kier molecular flexibility index (Phi) is 6.11. The molecular weight excluding hydrogens is 226 g/mol. The van der Waals surface area contributed by atoms with Crippen LogP contribution in [-0.2, 0) is 5.75 Å². The van der Waals surface area contributed by atoms with Crippen LogP contribution in [0, 0.1) is 0 Å². The highest BCUT2D eigenvalue weighted by molar-refractivity contribution is 7.98. The van der Waals surface area contributed by atoms with Gasteiger partial charge in [0.1, 0.15) is 0 Å². The van der Waals surface area contributed by atoms with Gasteiger partial charge in [-0.1, -0.05) is 6.07 Å². The maximum absolute atomic E-state index is 4.95. The van der Waals surface area contributed by atoms with E-state index in [1.54, 1.807) is 0 Å². The van der Waals surface area contributed by atoms with E-state index in [9.17, 15) is 0 Å². The van der Waals surface area contributed by atoms with E-state index in [1.807, 2.05) is 43.2 Å². The van der Waals surface area contributed by atoms with E-state index in [0.717, 1.165) is 23.7 Å². The summed E-state index contributed by atoms with van der Waals surface area (Å²) in [4.78, 5) is 4.25. The van der Waals surface area contributed by atoms with Crippen LogP contribution in [0.4, 0.5) is 0 Å². The van der Waals surface area contributed by atoms with Crippen LogP contribution >= 0.6 is 24.0 Å². The predicted octanol–water partition coefficient (Wildman–Crippen LogP) is 1.41. The van der Waals surface area contributed by atoms with Gasteiger partial charge in [-0.05, 0) is 24.4 Å². The molecule has 0 unspecified atom stereocenters. The molecule has 1 aromatic heterocycles. The smallest absolute Gasteiger partial charge is 0.166 e. The van der Waals surface area contributed by atoms with Gasteiger partial charge >= 0.3 is 0 Å². The molecule has 1 rings (SSSR count). The number of pyridine rings is 1. The van der Waals surface area contributed by atoms with Crippen molar-refractivity contribution < 1.29 is 0 Å². The lowest BCUT2D eigenvalue weighted by Crippen LogP contribution is -2.33. The van der Waals surface area contributed by atoms with Crippen LogP contribution in [0.25, 0.3) is 0 Å². The van der Waals surface area contributed by atoms with Gasteiger partial charge in [0.15, 0.2) is 5.11 Å². The SMILES string of the molecule is CNC(=S)NCCSCc1ccccn1. The van der Waals surface area contributed by atoms with Crippen LogP contribution in [0.1, 0.15) is 5.69 Å². The van der Waals surface area contributed by atoms with Crippen molar-refractivity contribution in [2.45, 2.75) is 5.75 Å². The summed E-state index contributed by atoms with van der Waals surface area (Å²) in [5, 5.41) is 6.67. The maximum atomic E-state index is 4.95. The van der Waals surface area contributed by atoms with Gasteiger partial charge in [-0.2, -0.15) is 11.8 Å². The molecule has 0 fully saturated rings. The van der Waals surface area contributed by atoms with Gasteiger partial charge in [-0.15, -0.1) is 0 Å². The number of rotatable bonds is 5. The minimum Gasteiger partial charge on any atom is -0.366 e. The van der Waals surface area contributed by atoms with E-state index >= 15 is 0 Å². The molecule has 2 N–H and O–H groups in total. The number of thiocarbonyl (C=S) groups is 1. The Morgan fingerprint density at radius 2 is 2.40 bits per heavy atom. The quantitative estimate of drug-likeness (QED) is 0.602. The molecule has 0 bridgehead atoms. The zero-order valence-electron chi connectivity index (χ0n) is 8.69. The zero-order chi connectivity index (χ0) is 10.9. The molecule has 0 saturated carbocycles. The summed E-state index contributed by atoms with van der Waals surface area (Å²) in [5.74, 6) is 1.98. The van der Waals surface area contributed by atoms with E-state index in [-0.39, 0.29) is 0 Å².